The van der Waals surface area contributed by atoms with Crippen LogP contribution in [-0.2, 0) is 33.3 Å². The van der Waals surface area contributed by atoms with Gasteiger partial charge in [-0.2, -0.15) is 4.31 Å². The van der Waals surface area contributed by atoms with E-state index in [2.05, 4.69) is 0 Å². The Balaban J connectivity index is 1.49. The molecule has 1 amide bonds. The second-order valence-corrected chi connectivity index (χ2v) is 10.6. The number of sulfonamides is 1. The molecule has 1 atom stereocenters. The van der Waals surface area contributed by atoms with Gasteiger partial charge < -0.3 is 4.90 Å². The summed E-state index contributed by atoms with van der Waals surface area (Å²) in [5.74, 6) is 0.0325. The van der Waals surface area contributed by atoms with Crippen molar-refractivity contribution in [3.05, 3.63) is 101 Å². The number of amides is 1. The molecule has 3 aromatic carbocycles. The van der Waals surface area contributed by atoms with E-state index in [-0.39, 0.29) is 12.5 Å². The van der Waals surface area contributed by atoms with Gasteiger partial charge in [-0.25, -0.2) is 8.42 Å². The largest absolute Gasteiger partial charge is 0.340 e. The Kier molecular flexibility index (Phi) is 5.14. The maximum atomic E-state index is 13.6. The summed E-state index contributed by atoms with van der Waals surface area (Å²) in [6.07, 6.45) is 0.916. The lowest BCUT2D eigenvalue weighted by Gasteiger charge is -2.34. The first-order valence-electron chi connectivity index (χ1n) is 10.9. The molecule has 2 heterocycles. The predicted molar refractivity (Wildman–Crippen MR) is 123 cm³/mol. The maximum Gasteiger partial charge on any atom is 0.244 e. The molecule has 0 aliphatic carbocycles. The number of likely N-dealkylation sites (tertiary alicyclic amines) is 1. The lowest BCUT2D eigenvalue weighted by atomic mass is 9.88. The summed E-state index contributed by atoms with van der Waals surface area (Å²) in [6.45, 7) is 3.22. The van der Waals surface area contributed by atoms with Crippen molar-refractivity contribution in [2.75, 3.05) is 13.1 Å². The molecule has 164 valence electrons. The molecule has 0 bridgehead atoms. The van der Waals surface area contributed by atoms with Crippen LogP contribution in [0.15, 0.2) is 83.8 Å². The minimum Gasteiger partial charge on any atom is -0.340 e. The van der Waals surface area contributed by atoms with Crippen LogP contribution in [0.4, 0.5) is 0 Å². The Bertz CT molecular complexity index is 1260. The number of carbonyl (C=O) groups is 1. The normalized spacial score (nSPS) is 21.7. The molecule has 6 heteroatoms. The highest BCUT2D eigenvalue weighted by molar-refractivity contribution is 7.89. The summed E-state index contributed by atoms with van der Waals surface area (Å²) in [7, 11) is -3.66. The van der Waals surface area contributed by atoms with Crippen LogP contribution in [0, 0.1) is 6.92 Å². The van der Waals surface area contributed by atoms with Crippen LogP contribution in [0.25, 0.3) is 0 Å². The Morgan fingerprint density at radius 1 is 0.906 bits per heavy atom. The molecule has 0 saturated carbocycles. The second-order valence-electron chi connectivity index (χ2n) is 8.75. The lowest BCUT2D eigenvalue weighted by molar-refractivity contribution is -0.129. The molecular weight excluding hydrogens is 420 g/mol. The third-order valence-corrected chi connectivity index (χ3v) is 8.65. The third-order valence-electron chi connectivity index (χ3n) is 6.68. The fraction of sp³-hybridized carbons (Fsp3) is 0.269. The van der Waals surface area contributed by atoms with Gasteiger partial charge in [0, 0.05) is 19.6 Å². The highest BCUT2D eigenvalue weighted by Gasteiger charge is 2.57. The molecule has 1 fully saturated rings. The van der Waals surface area contributed by atoms with Gasteiger partial charge in [0.15, 0.2) is 0 Å². The fourth-order valence-electron chi connectivity index (χ4n) is 4.97. The van der Waals surface area contributed by atoms with E-state index in [1.807, 2.05) is 78.6 Å². The quantitative estimate of drug-likeness (QED) is 0.611. The molecule has 0 radical (unpaired) electrons. The molecule has 5 rings (SSSR count). The number of aryl methyl sites for hydroxylation is 1. The first kappa shape index (κ1) is 20.9. The monoisotopic (exact) mass is 446 g/mol. The SMILES string of the molecule is Cc1ccc(CN2C3(CCN(C(=O)Cc4ccccc4)C3)c3ccccc3S2(=O)=O)cc1. The van der Waals surface area contributed by atoms with Crippen LogP contribution < -0.4 is 0 Å². The van der Waals surface area contributed by atoms with E-state index in [4.69, 9.17) is 0 Å². The van der Waals surface area contributed by atoms with E-state index < -0.39 is 15.6 Å². The number of rotatable bonds is 4. The van der Waals surface area contributed by atoms with Gasteiger partial charge >= 0.3 is 0 Å². The minimum atomic E-state index is -3.66. The summed E-state index contributed by atoms with van der Waals surface area (Å²) < 4.78 is 28.8. The van der Waals surface area contributed by atoms with Crippen LogP contribution in [0.3, 0.4) is 0 Å². The van der Waals surface area contributed by atoms with Crippen molar-refractivity contribution in [1.29, 1.82) is 0 Å². The van der Waals surface area contributed by atoms with E-state index in [9.17, 15) is 13.2 Å². The number of fused-ring (bicyclic) bond motifs is 2. The second kappa shape index (κ2) is 7.87. The summed E-state index contributed by atoms with van der Waals surface area (Å²) in [4.78, 5) is 15.3. The summed E-state index contributed by atoms with van der Waals surface area (Å²) in [5, 5.41) is 0. The zero-order valence-corrected chi connectivity index (χ0v) is 18.9. The molecule has 1 spiro atoms. The van der Waals surface area contributed by atoms with Gasteiger partial charge in [-0.05, 0) is 36.1 Å². The standard InChI is InChI=1S/C26H26N2O3S/c1-20-11-13-22(14-12-20)18-28-26(23-9-5-6-10-24(23)32(28,30)31)15-16-27(19-26)25(29)17-21-7-3-2-4-8-21/h2-14H,15-19H2,1H3. The molecule has 1 unspecified atom stereocenters. The molecule has 2 aliphatic rings. The minimum absolute atomic E-state index is 0.0325. The number of benzene rings is 3. The van der Waals surface area contributed by atoms with Crippen LogP contribution in [-0.4, -0.2) is 36.6 Å². The lowest BCUT2D eigenvalue weighted by Crippen LogP contribution is -2.46. The van der Waals surface area contributed by atoms with Gasteiger partial charge in [-0.15, -0.1) is 0 Å². The van der Waals surface area contributed by atoms with Gasteiger partial charge in [0.2, 0.25) is 15.9 Å². The van der Waals surface area contributed by atoms with Gasteiger partial charge in [0.1, 0.15) is 0 Å². The zero-order valence-electron chi connectivity index (χ0n) is 18.1. The zero-order chi connectivity index (χ0) is 22.3. The molecule has 0 N–H and O–H groups in total. The molecule has 0 aromatic heterocycles. The molecule has 5 nitrogen and oxygen atoms in total. The first-order valence-corrected chi connectivity index (χ1v) is 12.3. The number of nitrogens with zero attached hydrogens (tertiary/aromatic N) is 2. The molecule has 3 aromatic rings. The average molecular weight is 447 g/mol. The van der Waals surface area contributed by atoms with Crippen molar-refractivity contribution >= 4 is 15.9 Å². The molecule has 32 heavy (non-hydrogen) atoms. The molecule has 2 aliphatic heterocycles. The van der Waals surface area contributed by atoms with E-state index in [0.717, 1.165) is 22.3 Å². The van der Waals surface area contributed by atoms with Crippen molar-refractivity contribution in [2.24, 2.45) is 0 Å². The predicted octanol–water partition coefficient (Wildman–Crippen LogP) is 3.87. The molecular formula is C26H26N2O3S. The van der Waals surface area contributed by atoms with E-state index >= 15 is 0 Å². The summed E-state index contributed by atoms with van der Waals surface area (Å²) >= 11 is 0. The van der Waals surface area contributed by atoms with Gasteiger partial charge in [0.25, 0.3) is 0 Å². The highest BCUT2D eigenvalue weighted by atomic mass is 32.2. The Morgan fingerprint density at radius 3 is 2.34 bits per heavy atom. The Labute approximate surface area is 189 Å². The first-order chi connectivity index (χ1) is 15.4. The smallest absolute Gasteiger partial charge is 0.244 e. The molecule has 1 saturated heterocycles. The van der Waals surface area contributed by atoms with Gasteiger partial charge in [-0.3, -0.25) is 4.79 Å². The topological polar surface area (TPSA) is 57.7 Å². The van der Waals surface area contributed by atoms with Gasteiger partial charge in [-0.1, -0.05) is 78.4 Å². The summed E-state index contributed by atoms with van der Waals surface area (Å²) in [5.41, 5.74) is 3.12. The number of carbonyl (C=O) groups excluding carboxylic acids is 1. The van der Waals surface area contributed by atoms with Crippen molar-refractivity contribution in [3.63, 3.8) is 0 Å². The Morgan fingerprint density at radius 2 is 1.59 bits per heavy atom. The van der Waals surface area contributed by atoms with Crippen molar-refractivity contribution in [3.8, 4) is 0 Å². The highest BCUT2D eigenvalue weighted by Crippen LogP contribution is 2.50. The number of hydrogen-bond acceptors (Lipinski definition) is 3. The van der Waals surface area contributed by atoms with Crippen LogP contribution in [0.5, 0.6) is 0 Å². The average Bonchev–Trinajstić information content (AvgIpc) is 3.32. The Hall–Kier alpha value is -2.96. The third kappa shape index (κ3) is 3.44. The van der Waals surface area contributed by atoms with Gasteiger partial charge in [0.05, 0.1) is 16.9 Å². The van der Waals surface area contributed by atoms with Crippen LogP contribution in [0.1, 0.15) is 28.7 Å². The number of hydrogen-bond donors (Lipinski definition) is 0. The van der Waals surface area contributed by atoms with Crippen LogP contribution in [0.2, 0.25) is 0 Å². The van der Waals surface area contributed by atoms with Crippen LogP contribution >= 0.6 is 0 Å². The fourth-order valence-corrected chi connectivity index (χ4v) is 7.02. The maximum absolute atomic E-state index is 13.6. The van der Waals surface area contributed by atoms with Crippen molar-refractivity contribution in [1.82, 2.24) is 9.21 Å². The van der Waals surface area contributed by atoms with E-state index in [0.29, 0.717) is 30.8 Å². The van der Waals surface area contributed by atoms with E-state index in [1.54, 1.807) is 16.4 Å². The summed E-state index contributed by atoms with van der Waals surface area (Å²) in [6, 6.07) is 24.9. The van der Waals surface area contributed by atoms with E-state index in [1.165, 1.54) is 0 Å². The van der Waals surface area contributed by atoms with Crippen molar-refractivity contribution < 1.29 is 13.2 Å². The van der Waals surface area contributed by atoms with Crippen molar-refractivity contribution in [2.45, 2.75) is 36.7 Å².